The Morgan fingerprint density at radius 2 is 1.85 bits per heavy atom. The van der Waals surface area contributed by atoms with Gasteiger partial charge in [-0.2, -0.15) is 0 Å². The first kappa shape index (κ1) is 19.0. The van der Waals surface area contributed by atoms with Crippen LogP contribution in [0.2, 0.25) is 0 Å². The maximum Gasteiger partial charge on any atom is 0.287 e. The molecule has 144 valence electrons. The standard InChI is InChI=1S/C21H28N4O2/c1-22-21(24-12-11-23-20(26)19-8-5-15-27-19)25-13-9-18(10-14-25)16-17-6-3-2-4-7-17/h2-8,15,18H,9-14,16H2,1H3,(H,22,24)(H,23,26). The molecule has 3 rings (SSSR count). The van der Waals surface area contributed by atoms with Crippen LogP contribution in [0.3, 0.4) is 0 Å². The lowest BCUT2D eigenvalue weighted by Gasteiger charge is -2.34. The highest BCUT2D eigenvalue weighted by Gasteiger charge is 2.21. The molecule has 1 aromatic carbocycles. The first-order chi connectivity index (χ1) is 13.3. The van der Waals surface area contributed by atoms with Crippen molar-refractivity contribution in [3.05, 3.63) is 60.1 Å². The first-order valence-corrected chi connectivity index (χ1v) is 9.57. The average Bonchev–Trinajstić information content (AvgIpc) is 3.25. The summed E-state index contributed by atoms with van der Waals surface area (Å²) in [6.45, 7) is 3.16. The van der Waals surface area contributed by atoms with E-state index in [1.165, 1.54) is 24.7 Å². The summed E-state index contributed by atoms with van der Waals surface area (Å²) in [6.07, 6.45) is 4.99. The van der Waals surface area contributed by atoms with Gasteiger partial charge in [0.1, 0.15) is 0 Å². The van der Waals surface area contributed by atoms with Crippen molar-refractivity contribution in [1.82, 2.24) is 15.5 Å². The summed E-state index contributed by atoms with van der Waals surface area (Å²) in [5.41, 5.74) is 1.42. The van der Waals surface area contributed by atoms with Crippen molar-refractivity contribution >= 4 is 11.9 Å². The van der Waals surface area contributed by atoms with E-state index in [0.717, 1.165) is 31.4 Å². The van der Waals surface area contributed by atoms with Gasteiger partial charge >= 0.3 is 0 Å². The molecule has 0 radical (unpaired) electrons. The van der Waals surface area contributed by atoms with Crippen LogP contribution in [0.5, 0.6) is 0 Å². The number of guanidine groups is 1. The van der Waals surface area contributed by atoms with Gasteiger partial charge in [-0.05, 0) is 42.9 Å². The summed E-state index contributed by atoms with van der Waals surface area (Å²) < 4.78 is 5.08. The molecule has 1 saturated heterocycles. The van der Waals surface area contributed by atoms with Gasteiger partial charge in [0, 0.05) is 33.2 Å². The topological polar surface area (TPSA) is 69.9 Å². The highest BCUT2D eigenvalue weighted by molar-refractivity contribution is 5.91. The SMILES string of the molecule is CN=C(NCCNC(=O)c1ccco1)N1CCC(Cc2ccccc2)CC1. The molecule has 1 amide bonds. The molecule has 27 heavy (non-hydrogen) atoms. The monoisotopic (exact) mass is 368 g/mol. The lowest BCUT2D eigenvalue weighted by atomic mass is 9.90. The smallest absolute Gasteiger partial charge is 0.287 e. The molecule has 6 nitrogen and oxygen atoms in total. The van der Waals surface area contributed by atoms with Gasteiger partial charge in [0.15, 0.2) is 11.7 Å². The van der Waals surface area contributed by atoms with Crippen molar-refractivity contribution in [2.24, 2.45) is 10.9 Å². The Hall–Kier alpha value is -2.76. The summed E-state index contributed by atoms with van der Waals surface area (Å²) in [5.74, 6) is 1.77. The highest BCUT2D eigenvalue weighted by Crippen LogP contribution is 2.21. The Bertz CT molecular complexity index is 720. The van der Waals surface area contributed by atoms with Crippen molar-refractivity contribution in [3.8, 4) is 0 Å². The minimum atomic E-state index is -0.196. The van der Waals surface area contributed by atoms with E-state index in [0.29, 0.717) is 18.8 Å². The number of hydrogen-bond donors (Lipinski definition) is 2. The Morgan fingerprint density at radius 3 is 2.52 bits per heavy atom. The zero-order valence-electron chi connectivity index (χ0n) is 15.9. The number of piperidine rings is 1. The molecule has 0 aliphatic carbocycles. The average molecular weight is 368 g/mol. The Labute approximate surface area is 160 Å². The Balaban J connectivity index is 1.37. The van der Waals surface area contributed by atoms with E-state index in [9.17, 15) is 4.79 Å². The number of benzene rings is 1. The van der Waals surface area contributed by atoms with Crippen LogP contribution < -0.4 is 10.6 Å². The molecule has 2 N–H and O–H groups in total. The normalized spacial score (nSPS) is 15.6. The van der Waals surface area contributed by atoms with E-state index in [1.54, 1.807) is 19.2 Å². The number of carbonyl (C=O) groups excluding carboxylic acids is 1. The molecule has 1 aromatic heterocycles. The summed E-state index contributed by atoms with van der Waals surface area (Å²) in [5, 5.41) is 6.17. The first-order valence-electron chi connectivity index (χ1n) is 9.57. The third kappa shape index (κ3) is 5.61. The van der Waals surface area contributed by atoms with Crippen molar-refractivity contribution in [3.63, 3.8) is 0 Å². The van der Waals surface area contributed by atoms with E-state index in [4.69, 9.17) is 4.42 Å². The number of furan rings is 1. The number of hydrogen-bond acceptors (Lipinski definition) is 3. The van der Waals surface area contributed by atoms with Gasteiger partial charge in [-0.3, -0.25) is 9.79 Å². The fourth-order valence-electron chi connectivity index (χ4n) is 3.47. The summed E-state index contributed by atoms with van der Waals surface area (Å²) in [6, 6.07) is 14.1. The predicted molar refractivity (Wildman–Crippen MR) is 107 cm³/mol. The predicted octanol–water partition coefficient (Wildman–Crippen LogP) is 2.54. The molecule has 6 heteroatoms. The Morgan fingerprint density at radius 1 is 1.11 bits per heavy atom. The molecule has 1 aliphatic rings. The zero-order chi connectivity index (χ0) is 18.9. The highest BCUT2D eigenvalue weighted by atomic mass is 16.3. The van der Waals surface area contributed by atoms with Crippen LogP contribution in [-0.2, 0) is 6.42 Å². The van der Waals surface area contributed by atoms with Crippen LogP contribution >= 0.6 is 0 Å². The molecular weight excluding hydrogens is 340 g/mol. The van der Waals surface area contributed by atoms with Crippen LogP contribution in [0.15, 0.2) is 58.1 Å². The molecule has 0 saturated carbocycles. The minimum absolute atomic E-state index is 0.196. The molecular formula is C21H28N4O2. The molecule has 2 aromatic rings. The van der Waals surface area contributed by atoms with Crippen molar-refractivity contribution in [2.45, 2.75) is 19.3 Å². The van der Waals surface area contributed by atoms with Gasteiger partial charge < -0.3 is 20.0 Å². The molecule has 0 atom stereocenters. The number of amides is 1. The Kier molecular flexibility index (Phi) is 6.90. The lowest BCUT2D eigenvalue weighted by Crippen LogP contribution is -2.47. The lowest BCUT2D eigenvalue weighted by molar-refractivity contribution is 0.0926. The van der Waals surface area contributed by atoms with Gasteiger partial charge in [-0.25, -0.2) is 0 Å². The van der Waals surface area contributed by atoms with E-state index in [2.05, 4.69) is 50.9 Å². The second kappa shape index (κ2) is 9.80. The van der Waals surface area contributed by atoms with E-state index >= 15 is 0 Å². The number of likely N-dealkylation sites (tertiary alicyclic amines) is 1. The second-order valence-electron chi connectivity index (χ2n) is 6.83. The minimum Gasteiger partial charge on any atom is -0.459 e. The third-order valence-corrected chi connectivity index (χ3v) is 4.93. The van der Waals surface area contributed by atoms with Crippen molar-refractivity contribution in [1.29, 1.82) is 0 Å². The molecule has 0 spiro atoms. The maximum absolute atomic E-state index is 11.8. The fourth-order valence-corrected chi connectivity index (χ4v) is 3.47. The maximum atomic E-state index is 11.8. The number of aliphatic imine (C=N–C) groups is 1. The number of nitrogens with zero attached hydrogens (tertiary/aromatic N) is 2. The van der Waals surface area contributed by atoms with Gasteiger partial charge in [-0.15, -0.1) is 0 Å². The quantitative estimate of drug-likeness (QED) is 0.467. The largest absolute Gasteiger partial charge is 0.459 e. The number of rotatable bonds is 6. The van der Waals surface area contributed by atoms with Gasteiger partial charge in [0.25, 0.3) is 5.91 Å². The van der Waals surface area contributed by atoms with E-state index in [-0.39, 0.29) is 5.91 Å². The molecule has 1 fully saturated rings. The molecule has 1 aliphatic heterocycles. The second-order valence-corrected chi connectivity index (χ2v) is 6.83. The van der Waals surface area contributed by atoms with Crippen LogP contribution in [0.4, 0.5) is 0 Å². The summed E-state index contributed by atoms with van der Waals surface area (Å²) >= 11 is 0. The fraction of sp³-hybridized carbons (Fsp3) is 0.429. The summed E-state index contributed by atoms with van der Waals surface area (Å²) in [7, 11) is 1.81. The van der Waals surface area contributed by atoms with Crippen LogP contribution in [-0.4, -0.2) is 50.0 Å². The molecule has 0 unspecified atom stereocenters. The molecule has 0 bridgehead atoms. The van der Waals surface area contributed by atoms with Gasteiger partial charge in [0.05, 0.1) is 6.26 Å². The van der Waals surface area contributed by atoms with Crippen LogP contribution in [0.25, 0.3) is 0 Å². The summed E-state index contributed by atoms with van der Waals surface area (Å²) in [4.78, 5) is 18.5. The zero-order valence-corrected chi connectivity index (χ0v) is 15.9. The van der Waals surface area contributed by atoms with Gasteiger partial charge in [0.2, 0.25) is 0 Å². The van der Waals surface area contributed by atoms with Gasteiger partial charge in [-0.1, -0.05) is 30.3 Å². The van der Waals surface area contributed by atoms with Crippen molar-refractivity contribution in [2.75, 3.05) is 33.2 Å². The third-order valence-electron chi connectivity index (χ3n) is 4.93. The number of nitrogens with one attached hydrogen (secondary N) is 2. The van der Waals surface area contributed by atoms with E-state index < -0.39 is 0 Å². The molecule has 2 heterocycles. The van der Waals surface area contributed by atoms with Crippen molar-refractivity contribution < 1.29 is 9.21 Å². The van der Waals surface area contributed by atoms with Crippen LogP contribution in [0, 0.1) is 5.92 Å². The number of carbonyl (C=O) groups is 1. The van der Waals surface area contributed by atoms with Crippen LogP contribution in [0.1, 0.15) is 29.0 Å². The van der Waals surface area contributed by atoms with E-state index in [1.807, 2.05) is 0 Å².